The van der Waals surface area contributed by atoms with Gasteiger partial charge in [-0.25, -0.2) is 0 Å². The topological polar surface area (TPSA) is 46.2 Å². The molecule has 3 nitrogen and oxygen atoms in total. The van der Waals surface area contributed by atoms with Gasteiger partial charge in [-0.3, -0.25) is 4.79 Å². The van der Waals surface area contributed by atoms with Crippen LogP contribution >= 0.6 is 0 Å². The lowest BCUT2D eigenvalue weighted by atomic mass is 9.76. The molecule has 0 fully saturated rings. The molecule has 0 saturated heterocycles. The third-order valence-corrected chi connectivity index (χ3v) is 3.56. The Morgan fingerprint density at radius 2 is 1.43 bits per heavy atom. The first-order valence-electron chi connectivity index (χ1n) is 6.92. The lowest BCUT2D eigenvalue weighted by Gasteiger charge is -2.34. The zero-order chi connectivity index (χ0) is 15.3. The molecule has 0 radical (unpaired) electrons. The van der Waals surface area contributed by atoms with Gasteiger partial charge in [-0.1, -0.05) is 60.7 Å². The number of hydrogen-bond acceptors (Lipinski definition) is 2. The number of hydrogen-bond donors (Lipinski definition) is 1. The number of carbonyl (C=O) groups excluding carboxylic acids is 2. The van der Waals surface area contributed by atoms with Crippen molar-refractivity contribution in [2.45, 2.75) is 25.3 Å². The first kappa shape index (κ1) is 15.0. The van der Waals surface area contributed by atoms with Crippen LogP contribution in [-0.2, 0) is 9.59 Å². The zero-order valence-electron chi connectivity index (χ0n) is 12.2. The number of nitrogens with one attached hydrogen (secondary N) is 1. The maximum Gasteiger partial charge on any atom is 0.217 e. The number of carbonyl (C=O) groups is 2. The molecule has 0 spiro atoms. The molecule has 108 valence electrons. The Hall–Kier alpha value is -2.42. The van der Waals surface area contributed by atoms with Crippen LogP contribution in [0.5, 0.6) is 0 Å². The molecule has 0 aliphatic carbocycles. The second-order valence-corrected chi connectivity index (χ2v) is 5.34. The second kappa shape index (κ2) is 6.35. The molecule has 0 aliphatic rings. The highest BCUT2D eigenvalue weighted by Gasteiger charge is 2.37. The van der Waals surface area contributed by atoms with Crippen molar-refractivity contribution < 1.29 is 9.59 Å². The molecule has 1 N–H and O–H groups in total. The van der Waals surface area contributed by atoms with E-state index in [1.165, 1.54) is 6.92 Å². The maximum atomic E-state index is 11.7. The minimum atomic E-state index is -0.992. The van der Waals surface area contributed by atoms with Crippen molar-refractivity contribution in [2.75, 3.05) is 0 Å². The van der Waals surface area contributed by atoms with Gasteiger partial charge in [0.05, 0.1) is 0 Å². The minimum absolute atomic E-state index is 0.221. The van der Waals surface area contributed by atoms with Crippen molar-refractivity contribution in [2.24, 2.45) is 0 Å². The lowest BCUT2D eigenvalue weighted by molar-refractivity contribution is -0.125. The van der Waals surface area contributed by atoms with Gasteiger partial charge in [-0.05, 0) is 18.1 Å². The van der Waals surface area contributed by atoms with E-state index in [0.717, 1.165) is 17.4 Å². The van der Waals surface area contributed by atoms with Crippen molar-refractivity contribution in [3.8, 4) is 0 Å². The molecule has 0 aromatic heterocycles. The van der Waals surface area contributed by atoms with Crippen molar-refractivity contribution >= 4 is 12.2 Å². The molecule has 0 bridgehead atoms. The van der Waals surface area contributed by atoms with Crippen LogP contribution in [0.2, 0.25) is 0 Å². The summed E-state index contributed by atoms with van der Waals surface area (Å²) in [6.45, 7) is 3.18. The Labute approximate surface area is 125 Å². The highest BCUT2D eigenvalue weighted by Crippen LogP contribution is 2.33. The SMILES string of the molecule is CC(=O)NC(C)(C=O)C(c1ccccc1)c1ccccc1. The number of aldehydes is 1. The number of rotatable bonds is 5. The van der Waals surface area contributed by atoms with E-state index in [9.17, 15) is 9.59 Å². The summed E-state index contributed by atoms with van der Waals surface area (Å²) >= 11 is 0. The van der Waals surface area contributed by atoms with Crippen LogP contribution in [0, 0.1) is 0 Å². The van der Waals surface area contributed by atoms with Gasteiger partial charge in [0.1, 0.15) is 11.8 Å². The first-order valence-corrected chi connectivity index (χ1v) is 6.92. The number of amides is 1. The third kappa shape index (κ3) is 3.37. The lowest BCUT2D eigenvalue weighted by Crippen LogP contribution is -2.51. The highest BCUT2D eigenvalue weighted by molar-refractivity contribution is 5.81. The van der Waals surface area contributed by atoms with E-state index in [1.54, 1.807) is 6.92 Å². The van der Waals surface area contributed by atoms with Gasteiger partial charge in [0.15, 0.2) is 0 Å². The number of benzene rings is 2. The van der Waals surface area contributed by atoms with Crippen LogP contribution in [0.4, 0.5) is 0 Å². The Morgan fingerprint density at radius 3 is 1.76 bits per heavy atom. The summed E-state index contributed by atoms with van der Waals surface area (Å²) in [7, 11) is 0. The van der Waals surface area contributed by atoms with Gasteiger partial charge in [0, 0.05) is 12.8 Å². The van der Waals surface area contributed by atoms with Crippen LogP contribution in [0.3, 0.4) is 0 Å². The summed E-state index contributed by atoms with van der Waals surface area (Å²) in [5.74, 6) is -0.456. The molecule has 2 aromatic rings. The van der Waals surface area contributed by atoms with Crippen LogP contribution in [0.15, 0.2) is 60.7 Å². The van der Waals surface area contributed by atoms with E-state index in [-0.39, 0.29) is 11.8 Å². The summed E-state index contributed by atoms with van der Waals surface area (Å²) in [5, 5.41) is 2.80. The Bertz CT molecular complexity index is 570. The van der Waals surface area contributed by atoms with Crippen molar-refractivity contribution in [3.05, 3.63) is 71.8 Å². The summed E-state index contributed by atoms with van der Waals surface area (Å²) in [5.41, 5.74) is 0.994. The average Bonchev–Trinajstić information content (AvgIpc) is 2.49. The molecular formula is C18H19NO2. The van der Waals surface area contributed by atoms with E-state index in [1.807, 2.05) is 60.7 Å². The second-order valence-electron chi connectivity index (χ2n) is 5.34. The van der Waals surface area contributed by atoms with Gasteiger partial charge < -0.3 is 10.1 Å². The minimum Gasteiger partial charge on any atom is -0.343 e. The zero-order valence-corrected chi connectivity index (χ0v) is 12.2. The van der Waals surface area contributed by atoms with E-state index in [2.05, 4.69) is 5.32 Å². The highest BCUT2D eigenvalue weighted by atomic mass is 16.2. The summed E-state index contributed by atoms with van der Waals surface area (Å²) in [6.07, 6.45) is 0.819. The molecule has 21 heavy (non-hydrogen) atoms. The molecule has 1 amide bonds. The fraction of sp³-hybridized carbons (Fsp3) is 0.222. The van der Waals surface area contributed by atoms with Crippen molar-refractivity contribution in [1.29, 1.82) is 0 Å². The summed E-state index contributed by atoms with van der Waals surface area (Å²) < 4.78 is 0. The predicted octanol–water partition coefficient (Wildman–Crippen LogP) is 2.91. The average molecular weight is 281 g/mol. The Kier molecular flexibility index (Phi) is 4.53. The van der Waals surface area contributed by atoms with E-state index >= 15 is 0 Å². The molecule has 0 saturated carbocycles. The molecule has 0 aliphatic heterocycles. The summed E-state index contributed by atoms with van der Waals surface area (Å²) in [6, 6.07) is 19.5. The van der Waals surface area contributed by atoms with E-state index in [4.69, 9.17) is 0 Å². The van der Waals surface area contributed by atoms with Gasteiger partial charge in [-0.15, -0.1) is 0 Å². The smallest absolute Gasteiger partial charge is 0.217 e. The Balaban J connectivity index is 2.55. The summed E-state index contributed by atoms with van der Waals surface area (Å²) in [4.78, 5) is 23.3. The maximum absolute atomic E-state index is 11.7. The largest absolute Gasteiger partial charge is 0.343 e. The van der Waals surface area contributed by atoms with Crippen molar-refractivity contribution in [1.82, 2.24) is 5.32 Å². The van der Waals surface area contributed by atoms with Crippen LogP contribution in [-0.4, -0.2) is 17.7 Å². The molecule has 3 heteroatoms. The van der Waals surface area contributed by atoms with E-state index < -0.39 is 5.54 Å². The monoisotopic (exact) mass is 281 g/mol. The molecule has 2 rings (SSSR count). The molecule has 2 aromatic carbocycles. The normalized spacial score (nSPS) is 13.5. The molecule has 1 atom stereocenters. The molecule has 0 heterocycles. The van der Waals surface area contributed by atoms with Gasteiger partial charge in [0.25, 0.3) is 0 Å². The predicted molar refractivity (Wildman–Crippen MR) is 83.0 cm³/mol. The van der Waals surface area contributed by atoms with Gasteiger partial charge >= 0.3 is 0 Å². The molecular weight excluding hydrogens is 262 g/mol. The van der Waals surface area contributed by atoms with Crippen LogP contribution in [0.1, 0.15) is 30.9 Å². The Morgan fingerprint density at radius 1 is 1.00 bits per heavy atom. The van der Waals surface area contributed by atoms with E-state index in [0.29, 0.717) is 0 Å². The van der Waals surface area contributed by atoms with Gasteiger partial charge in [0.2, 0.25) is 5.91 Å². The fourth-order valence-electron chi connectivity index (χ4n) is 2.72. The van der Waals surface area contributed by atoms with Crippen LogP contribution in [0.25, 0.3) is 0 Å². The molecule has 1 unspecified atom stereocenters. The standard InChI is InChI=1S/C18H19NO2/c1-14(21)19-18(2,13-20)17(15-9-5-3-6-10-15)16-11-7-4-8-12-16/h3-13,17H,1-2H3,(H,19,21). The fourth-order valence-corrected chi connectivity index (χ4v) is 2.72. The van der Waals surface area contributed by atoms with Crippen LogP contribution < -0.4 is 5.32 Å². The van der Waals surface area contributed by atoms with Crippen molar-refractivity contribution in [3.63, 3.8) is 0 Å². The van der Waals surface area contributed by atoms with Gasteiger partial charge in [-0.2, -0.15) is 0 Å². The quantitative estimate of drug-likeness (QED) is 0.857. The first-order chi connectivity index (χ1) is 10.1. The third-order valence-electron chi connectivity index (χ3n) is 3.56.